The molecule has 2 unspecified atom stereocenters. The SMILES string of the molecule is CCCN(CCC)CC1CCCC1CN. The Morgan fingerprint density at radius 1 is 1.07 bits per heavy atom. The van der Waals surface area contributed by atoms with Crippen molar-refractivity contribution >= 4 is 0 Å². The molecule has 0 bridgehead atoms. The summed E-state index contributed by atoms with van der Waals surface area (Å²) in [6.45, 7) is 9.28. The fraction of sp³-hybridized carbons (Fsp3) is 1.00. The van der Waals surface area contributed by atoms with E-state index in [1.807, 2.05) is 0 Å². The van der Waals surface area contributed by atoms with Gasteiger partial charge >= 0.3 is 0 Å². The van der Waals surface area contributed by atoms with Gasteiger partial charge in [0.15, 0.2) is 0 Å². The quantitative estimate of drug-likeness (QED) is 0.702. The van der Waals surface area contributed by atoms with Crippen LogP contribution < -0.4 is 5.73 Å². The van der Waals surface area contributed by atoms with Gasteiger partial charge in [0.05, 0.1) is 0 Å². The maximum atomic E-state index is 5.83. The molecule has 1 fully saturated rings. The standard InChI is InChI=1S/C13H28N2/c1-3-8-15(9-4-2)11-13-7-5-6-12(13)10-14/h12-13H,3-11,14H2,1-2H3. The maximum Gasteiger partial charge on any atom is 0.00128 e. The topological polar surface area (TPSA) is 29.3 Å². The second kappa shape index (κ2) is 7.24. The van der Waals surface area contributed by atoms with E-state index >= 15 is 0 Å². The highest BCUT2D eigenvalue weighted by Crippen LogP contribution is 2.31. The minimum atomic E-state index is 0.807. The third kappa shape index (κ3) is 4.12. The van der Waals surface area contributed by atoms with Crippen LogP contribution >= 0.6 is 0 Å². The summed E-state index contributed by atoms with van der Waals surface area (Å²) < 4.78 is 0. The molecule has 15 heavy (non-hydrogen) atoms. The van der Waals surface area contributed by atoms with Crippen molar-refractivity contribution in [3.8, 4) is 0 Å². The first-order valence-corrected chi connectivity index (χ1v) is 6.74. The highest BCUT2D eigenvalue weighted by Gasteiger charge is 2.27. The zero-order chi connectivity index (χ0) is 11.1. The molecule has 1 aliphatic carbocycles. The molecule has 0 aromatic heterocycles. The summed E-state index contributed by atoms with van der Waals surface area (Å²) in [6, 6.07) is 0. The molecule has 1 rings (SSSR count). The van der Waals surface area contributed by atoms with E-state index in [9.17, 15) is 0 Å². The van der Waals surface area contributed by atoms with Crippen LogP contribution in [-0.4, -0.2) is 31.1 Å². The van der Waals surface area contributed by atoms with Gasteiger partial charge in [-0.1, -0.05) is 20.3 Å². The number of hydrogen-bond donors (Lipinski definition) is 1. The number of nitrogens with zero attached hydrogens (tertiary/aromatic N) is 1. The Morgan fingerprint density at radius 2 is 1.67 bits per heavy atom. The van der Waals surface area contributed by atoms with Crippen molar-refractivity contribution < 1.29 is 0 Å². The van der Waals surface area contributed by atoms with E-state index < -0.39 is 0 Å². The average Bonchev–Trinajstić information content (AvgIpc) is 2.66. The molecule has 2 heteroatoms. The van der Waals surface area contributed by atoms with Crippen LogP contribution in [0.5, 0.6) is 0 Å². The molecule has 0 aromatic rings. The molecule has 2 nitrogen and oxygen atoms in total. The van der Waals surface area contributed by atoms with Crippen LogP contribution in [0.4, 0.5) is 0 Å². The predicted molar refractivity (Wildman–Crippen MR) is 66.9 cm³/mol. The predicted octanol–water partition coefficient (Wildman–Crippen LogP) is 2.48. The number of hydrogen-bond acceptors (Lipinski definition) is 2. The summed E-state index contributed by atoms with van der Waals surface area (Å²) >= 11 is 0. The molecule has 90 valence electrons. The molecule has 0 spiro atoms. The molecule has 0 radical (unpaired) electrons. The lowest BCUT2D eigenvalue weighted by molar-refractivity contribution is 0.207. The molecule has 0 aromatic carbocycles. The zero-order valence-corrected chi connectivity index (χ0v) is 10.5. The van der Waals surface area contributed by atoms with Gasteiger partial charge in [-0.15, -0.1) is 0 Å². The van der Waals surface area contributed by atoms with Gasteiger partial charge in [-0.25, -0.2) is 0 Å². The van der Waals surface area contributed by atoms with Crippen molar-refractivity contribution in [2.45, 2.75) is 46.0 Å². The second-order valence-corrected chi connectivity index (χ2v) is 4.99. The highest BCUT2D eigenvalue weighted by molar-refractivity contribution is 4.80. The largest absolute Gasteiger partial charge is 0.330 e. The monoisotopic (exact) mass is 212 g/mol. The van der Waals surface area contributed by atoms with Gasteiger partial charge < -0.3 is 10.6 Å². The first kappa shape index (κ1) is 13.0. The summed E-state index contributed by atoms with van der Waals surface area (Å²) in [5.74, 6) is 1.69. The van der Waals surface area contributed by atoms with Gasteiger partial charge in [0.1, 0.15) is 0 Å². The van der Waals surface area contributed by atoms with Crippen LogP contribution in [0.3, 0.4) is 0 Å². The Kier molecular flexibility index (Phi) is 6.26. The van der Waals surface area contributed by atoms with Crippen molar-refractivity contribution in [1.82, 2.24) is 4.90 Å². The molecule has 0 aliphatic heterocycles. The average molecular weight is 212 g/mol. The first-order valence-electron chi connectivity index (χ1n) is 6.74. The molecule has 0 amide bonds. The van der Waals surface area contributed by atoms with Gasteiger partial charge in [-0.2, -0.15) is 0 Å². The molecule has 2 N–H and O–H groups in total. The molecular weight excluding hydrogens is 184 g/mol. The molecule has 1 aliphatic rings. The maximum absolute atomic E-state index is 5.83. The third-order valence-corrected chi connectivity index (χ3v) is 3.69. The Morgan fingerprint density at radius 3 is 2.20 bits per heavy atom. The lowest BCUT2D eigenvalue weighted by atomic mass is 9.95. The number of rotatable bonds is 7. The second-order valence-electron chi connectivity index (χ2n) is 4.99. The van der Waals surface area contributed by atoms with Crippen LogP contribution in [0.15, 0.2) is 0 Å². The van der Waals surface area contributed by atoms with E-state index in [2.05, 4.69) is 18.7 Å². The van der Waals surface area contributed by atoms with Gasteiger partial charge in [0.2, 0.25) is 0 Å². The van der Waals surface area contributed by atoms with Gasteiger partial charge in [-0.05, 0) is 57.2 Å². The highest BCUT2D eigenvalue weighted by atomic mass is 15.1. The molecule has 0 heterocycles. The van der Waals surface area contributed by atoms with Crippen molar-refractivity contribution in [2.75, 3.05) is 26.2 Å². The van der Waals surface area contributed by atoms with E-state index in [1.165, 1.54) is 51.7 Å². The minimum Gasteiger partial charge on any atom is -0.330 e. The van der Waals surface area contributed by atoms with E-state index in [4.69, 9.17) is 5.73 Å². The molecule has 0 saturated heterocycles. The summed E-state index contributed by atoms with van der Waals surface area (Å²) in [5, 5.41) is 0. The summed E-state index contributed by atoms with van der Waals surface area (Å²) in [4.78, 5) is 2.64. The molecule has 2 atom stereocenters. The first-order chi connectivity index (χ1) is 7.31. The Hall–Kier alpha value is -0.0800. The van der Waals surface area contributed by atoms with E-state index in [0.29, 0.717) is 0 Å². The van der Waals surface area contributed by atoms with Gasteiger partial charge in [0, 0.05) is 6.54 Å². The smallest absolute Gasteiger partial charge is 0.00128 e. The van der Waals surface area contributed by atoms with Gasteiger partial charge in [0.25, 0.3) is 0 Å². The van der Waals surface area contributed by atoms with Crippen molar-refractivity contribution in [3.05, 3.63) is 0 Å². The van der Waals surface area contributed by atoms with Crippen LogP contribution in [0.25, 0.3) is 0 Å². The Balaban J connectivity index is 2.35. The van der Waals surface area contributed by atoms with Crippen molar-refractivity contribution in [2.24, 2.45) is 17.6 Å². The van der Waals surface area contributed by atoms with E-state index in [-0.39, 0.29) is 0 Å². The van der Waals surface area contributed by atoms with Crippen molar-refractivity contribution in [1.29, 1.82) is 0 Å². The minimum absolute atomic E-state index is 0.807. The zero-order valence-electron chi connectivity index (χ0n) is 10.5. The summed E-state index contributed by atoms with van der Waals surface area (Å²) in [7, 11) is 0. The third-order valence-electron chi connectivity index (χ3n) is 3.69. The lowest BCUT2D eigenvalue weighted by Gasteiger charge is -2.27. The fourth-order valence-electron chi connectivity index (χ4n) is 2.92. The summed E-state index contributed by atoms with van der Waals surface area (Å²) in [6.07, 6.45) is 6.73. The van der Waals surface area contributed by atoms with Gasteiger partial charge in [-0.3, -0.25) is 0 Å². The Labute approximate surface area is 95.2 Å². The lowest BCUT2D eigenvalue weighted by Crippen LogP contribution is -2.34. The normalized spacial score (nSPS) is 26.4. The van der Waals surface area contributed by atoms with Crippen LogP contribution in [0.1, 0.15) is 46.0 Å². The summed E-state index contributed by atoms with van der Waals surface area (Å²) in [5.41, 5.74) is 5.83. The fourth-order valence-corrected chi connectivity index (χ4v) is 2.92. The molecular formula is C13H28N2. The van der Waals surface area contributed by atoms with Crippen LogP contribution in [-0.2, 0) is 0 Å². The van der Waals surface area contributed by atoms with E-state index in [0.717, 1.165) is 18.4 Å². The van der Waals surface area contributed by atoms with Crippen molar-refractivity contribution in [3.63, 3.8) is 0 Å². The van der Waals surface area contributed by atoms with Crippen LogP contribution in [0, 0.1) is 11.8 Å². The Bertz CT molecular complexity index is 153. The molecule has 1 saturated carbocycles. The van der Waals surface area contributed by atoms with Crippen LogP contribution in [0.2, 0.25) is 0 Å². The van der Waals surface area contributed by atoms with E-state index in [1.54, 1.807) is 0 Å². The number of nitrogens with two attached hydrogens (primary N) is 1.